The number of unbranched alkanes of at least 4 members (excludes halogenated alkanes) is 9. The summed E-state index contributed by atoms with van der Waals surface area (Å²) in [4.78, 5) is 0. The fourth-order valence-corrected chi connectivity index (χ4v) is 2.12. The maximum atomic E-state index is 8.69. The van der Waals surface area contributed by atoms with Crippen LogP contribution in [0, 0.1) is 0 Å². The molecule has 0 amide bonds. The molecule has 4 heteroatoms. The minimum Gasteiger partial charge on any atom is -0.396 e. The van der Waals surface area contributed by atoms with Gasteiger partial charge < -0.3 is 20.4 Å². The summed E-state index contributed by atoms with van der Waals surface area (Å²) in [7, 11) is 0. The van der Waals surface area contributed by atoms with Crippen LogP contribution in [0.25, 0.3) is 0 Å². The highest BCUT2D eigenvalue weighted by Crippen LogP contribution is 2.10. The first-order chi connectivity index (χ1) is 10.5. The highest BCUT2D eigenvalue weighted by atomic mass is 16.3. The molecule has 0 aromatic rings. The predicted molar refractivity (Wildman–Crippen MR) is 92.9 cm³/mol. The number of rotatable bonds is 14. The molecule has 2 unspecified atom stereocenters. The molecule has 0 radical (unpaired) electrons. The van der Waals surface area contributed by atoms with Crippen LogP contribution in [-0.2, 0) is 0 Å². The third kappa shape index (κ3) is 28.1. The minimum absolute atomic E-state index is 0.274. The van der Waals surface area contributed by atoms with Crippen molar-refractivity contribution >= 4 is 0 Å². The molecule has 4 N–H and O–H groups in total. The maximum Gasteiger partial charge on any atom is 0.0513 e. The summed E-state index contributed by atoms with van der Waals surface area (Å²) in [6, 6.07) is 0. The molecule has 0 aliphatic heterocycles. The van der Waals surface area contributed by atoms with E-state index in [1.807, 2.05) is 0 Å². The third-order valence-corrected chi connectivity index (χ3v) is 3.57. The molecule has 0 heterocycles. The average Bonchev–Trinajstić information content (AvgIpc) is 2.48. The van der Waals surface area contributed by atoms with Gasteiger partial charge in [-0.2, -0.15) is 0 Å². The van der Waals surface area contributed by atoms with Crippen LogP contribution in [0.2, 0.25) is 0 Å². The first-order valence-corrected chi connectivity index (χ1v) is 9.12. The lowest BCUT2D eigenvalue weighted by atomic mass is 10.1. The van der Waals surface area contributed by atoms with E-state index in [9.17, 15) is 0 Å². The average molecular weight is 321 g/mol. The van der Waals surface area contributed by atoms with Gasteiger partial charge in [0.15, 0.2) is 0 Å². The molecular formula is C18H40O4. The van der Waals surface area contributed by atoms with Crippen LogP contribution >= 0.6 is 0 Å². The van der Waals surface area contributed by atoms with Gasteiger partial charge >= 0.3 is 0 Å². The Morgan fingerprint density at radius 3 is 0.909 bits per heavy atom. The zero-order valence-electron chi connectivity index (χ0n) is 14.8. The molecule has 22 heavy (non-hydrogen) atoms. The van der Waals surface area contributed by atoms with Crippen LogP contribution < -0.4 is 0 Å². The maximum absolute atomic E-state index is 8.69. The van der Waals surface area contributed by atoms with Crippen molar-refractivity contribution in [3.05, 3.63) is 0 Å². The zero-order chi connectivity index (χ0) is 17.1. The second-order valence-corrected chi connectivity index (χ2v) is 6.26. The molecule has 0 rings (SSSR count). The Kier molecular flexibility index (Phi) is 22.8. The Hall–Kier alpha value is -0.160. The van der Waals surface area contributed by atoms with Gasteiger partial charge in [-0.1, -0.05) is 51.4 Å². The molecule has 0 aromatic heterocycles. The number of hydrogen-bond donors (Lipinski definition) is 4. The van der Waals surface area contributed by atoms with Gasteiger partial charge in [-0.05, 0) is 39.5 Å². The SMILES string of the molecule is CC(O)CCC(C)O.OCCCCCCCCCCCCO. The van der Waals surface area contributed by atoms with Crippen LogP contribution in [0.3, 0.4) is 0 Å². The molecule has 2 atom stereocenters. The Balaban J connectivity index is 0. The van der Waals surface area contributed by atoms with Crippen molar-refractivity contribution in [2.75, 3.05) is 13.2 Å². The zero-order valence-corrected chi connectivity index (χ0v) is 14.8. The van der Waals surface area contributed by atoms with Crippen LogP contribution in [0.4, 0.5) is 0 Å². The molecule has 4 nitrogen and oxygen atoms in total. The minimum atomic E-state index is -0.274. The molecular weight excluding hydrogens is 280 g/mol. The van der Waals surface area contributed by atoms with Crippen molar-refractivity contribution in [3.8, 4) is 0 Å². The van der Waals surface area contributed by atoms with Gasteiger partial charge in [0.2, 0.25) is 0 Å². The normalized spacial score (nSPS) is 13.4. The highest BCUT2D eigenvalue weighted by Gasteiger charge is 1.98. The van der Waals surface area contributed by atoms with Crippen molar-refractivity contribution in [1.82, 2.24) is 0 Å². The lowest BCUT2D eigenvalue weighted by Crippen LogP contribution is -2.06. The van der Waals surface area contributed by atoms with E-state index in [4.69, 9.17) is 20.4 Å². The summed E-state index contributed by atoms with van der Waals surface area (Å²) >= 11 is 0. The number of aliphatic hydroxyl groups excluding tert-OH is 4. The first-order valence-electron chi connectivity index (χ1n) is 9.12. The van der Waals surface area contributed by atoms with Gasteiger partial charge in [0.05, 0.1) is 12.2 Å². The van der Waals surface area contributed by atoms with Crippen LogP contribution in [0.5, 0.6) is 0 Å². The van der Waals surface area contributed by atoms with Crippen LogP contribution in [-0.4, -0.2) is 45.8 Å². The predicted octanol–water partition coefficient (Wildman–Crippen LogP) is 3.40. The molecule has 0 aliphatic carbocycles. The smallest absolute Gasteiger partial charge is 0.0513 e. The summed E-state index contributed by atoms with van der Waals surface area (Å²) in [6.45, 7) is 4.15. The van der Waals surface area contributed by atoms with Gasteiger partial charge in [0.25, 0.3) is 0 Å². The topological polar surface area (TPSA) is 80.9 Å². The summed E-state index contributed by atoms with van der Waals surface area (Å²) < 4.78 is 0. The molecule has 0 aliphatic rings. The Morgan fingerprint density at radius 2 is 0.727 bits per heavy atom. The van der Waals surface area contributed by atoms with Crippen molar-refractivity contribution in [2.24, 2.45) is 0 Å². The van der Waals surface area contributed by atoms with Gasteiger partial charge in [0, 0.05) is 13.2 Å². The van der Waals surface area contributed by atoms with E-state index in [0.29, 0.717) is 26.1 Å². The van der Waals surface area contributed by atoms with E-state index in [1.165, 1.54) is 51.4 Å². The second-order valence-electron chi connectivity index (χ2n) is 6.26. The fourth-order valence-electron chi connectivity index (χ4n) is 2.12. The fraction of sp³-hybridized carbons (Fsp3) is 1.00. The van der Waals surface area contributed by atoms with Gasteiger partial charge in [0.1, 0.15) is 0 Å². The molecule has 0 saturated heterocycles. The van der Waals surface area contributed by atoms with E-state index < -0.39 is 0 Å². The van der Waals surface area contributed by atoms with E-state index in [2.05, 4.69) is 0 Å². The quantitative estimate of drug-likeness (QED) is 0.370. The van der Waals surface area contributed by atoms with Crippen molar-refractivity contribution in [3.63, 3.8) is 0 Å². The molecule has 0 spiro atoms. The molecule has 136 valence electrons. The van der Waals surface area contributed by atoms with Crippen molar-refractivity contribution in [1.29, 1.82) is 0 Å². The van der Waals surface area contributed by atoms with Gasteiger partial charge in [-0.25, -0.2) is 0 Å². The molecule has 0 fully saturated rings. The molecule has 0 saturated carbocycles. The Labute approximate surface area is 137 Å². The second kappa shape index (κ2) is 20.8. The third-order valence-electron chi connectivity index (χ3n) is 3.57. The Morgan fingerprint density at radius 1 is 0.500 bits per heavy atom. The number of aliphatic hydroxyl groups is 4. The monoisotopic (exact) mass is 320 g/mol. The summed E-state index contributed by atoms with van der Waals surface area (Å²) in [5.74, 6) is 0. The lowest BCUT2D eigenvalue weighted by Gasteiger charge is -2.04. The summed E-state index contributed by atoms with van der Waals surface area (Å²) in [5.41, 5.74) is 0. The van der Waals surface area contributed by atoms with Crippen molar-refractivity contribution in [2.45, 2.75) is 103 Å². The van der Waals surface area contributed by atoms with Crippen LogP contribution in [0.15, 0.2) is 0 Å². The molecule has 0 bridgehead atoms. The van der Waals surface area contributed by atoms with Crippen molar-refractivity contribution < 1.29 is 20.4 Å². The number of hydrogen-bond acceptors (Lipinski definition) is 4. The van der Waals surface area contributed by atoms with Gasteiger partial charge in [-0.15, -0.1) is 0 Å². The van der Waals surface area contributed by atoms with Gasteiger partial charge in [-0.3, -0.25) is 0 Å². The van der Waals surface area contributed by atoms with Crippen LogP contribution in [0.1, 0.15) is 90.9 Å². The standard InChI is InChI=1S/C12H26O2.C6H14O2/c13-11-9-7-5-3-1-2-4-6-8-10-12-14;1-5(7)3-4-6(2)8/h13-14H,1-12H2;5-8H,3-4H2,1-2H3. The van der Waals surface area contributed by atoms with E-state index >= 15 is 0 Å². The first kappa shape index (κ1) is 24.1. The summed E-state index contributed by atoms with van der Waals surface area (Å²) in [6.07, 6.45) is 13.0. The van der Waals surface area contributed by atoms with E-state index in [1.54, 1.807) is 13.8 Å². The Bertz CT molecular complexity index is 164. The largest absolute Gasteiger partial charge is 0.396 e. The van der Waals surface area contributed by atoms with E-state index in [-0.39, 0.29) is 12.2 Å². The lowest BCUT2D eigenvalue weighted by molar-refractivity contribution is 0.133. The van der Waals surface area contributed by atoms with E-state index in [0.717, 1.165) is 12.8 Å². The summed E-state index contributed by atoms with van der Waals surface area (Å²) in [5, 5.41) is 34.5. The molecule has 0 aromatic carbocycles. The highest BCUT2D eigenvalue weighted by molar-refractivity contribution is 4.51.